The standard InChI is InChI=1S/C13H29N3O/c1-13(2,4-11-17-3)12-15-7-10-16-8-5-14-6-9-16/h14-15H,4-12H2,1-3H3. The summed E-state index contributed by atoms with van der Waals surface area (Å²) < 4.78 is 5.14. The van der Waals surface area contributed by atoms with Crippen LogP contribution in [0.3, 0.4) is 0 Å². The summed E-state index contributed by atoms with van der Waals surface area (Å²) in [5, 5.41) is 6.94. The number of ether oxygens (including phenoxy) is 1. The minimum absolute atomic E-state index is 0.333. The highest BCUT2D eigenvalue weighted by molar-refractivity contribution is 4.73. The normalized spacial score (nSPS) is 18.5. The number of hydrogen-bond donors (Lipinski definition) is 2. The fourth-order valence-electron chi connectivity index (χ4n) is 2.07. The van der Waals surface area contributed by atoms with Crippen LogP contribution in [0.4, 0.5) is 0 Å². The zero-order chi connectivity index (χ0) is 12.6. The summed E-state index contributed by atoms with van der Waals surface area (Å²) >= 11 is 0. The van der Waals surface area contributed by atoms with Gasteiger partial charge in [-0.05, 0) is 11.8 Å². The molecule has 0 unspecified atom stereocenters. The quantitative estimate of drug-likeness (QED) is 0.610. The van der Waals surface area contributed by atoms with Gasteiger partial charge < -0.3 is 15.4 Å². The van der Waals surface area contributed by atoms with Gasteiger partial charge in [0.2, 0.25) is 0 Å². The molecule has 1 aliphatic rings. The van der Waals surface area contributed by atoms with Gasteiger partial charge in [0.15, 0.2) is 0 Å². The van der Waals surface area contributed by atoms with Crippen LogP contribution in [0.25, 0.3) is 0 Å². The van der Waals surface area contributed by atoms with Crippen LogP contribution in [0.2, 0.25) is 0 Å². The Morgan fingerprint density at radius 1 is 1.29 bits per heavy atom. The Morgan fingerprint density at radius 2 is 2.00 bits per heavy atom. The van der Waals surface area contributed by atoms with Crippen molar-refractivity contribution in [3.63, 3.8) is 0 Å². The third kappa shape index (κ3) is 6.99. The Bertz CT molecular complexity index is 191. The van der Waals surface area contributed by atoms with Gasteiger partial charge in [0.25, 0.3) is 0 Å². The van der Waals surface area contributed by atoms with E-state index in [-0.39, 0.29) is 0 Å². The van der Waals surface area contributed by atoms with Gasteiger partial charge in [0, 0.05) is 59.5 Å². The lowest BCUT2D eigenvalue weighted by atomic mass is 9.90. The van der Waals surface area contributed by atoms with E-state index in [1.807, 2.05) is 0 Å². The first-order valence-corrected chi connectivity index (χ1v) is 6.77. The van der Waals surface area contributed by atoms with Crippen molar-refractivity contribution < 1.29 is 4.74 Å². The second-order valence-electron chi connectivity index (χ2n) is 5.68. The summed E-state index contributed by atoms with van der Waals surface area (Å²) in [5.41, 5.74) is 0.333. The fraction of sp³-hybridized carbons (Fsp3) is 1.00. The first kappa shape index (κ1) is 14.9. The van der Waals surface area contributed by atoms with Crippen molar-refractivity contribution in [3.05, 3.63) is 0 Å². The summed E-state index contributed by atoms with van der Waals surface area (Å²) in [7, 11) is 1.77. The first-order valence-electron chi connectivity index (χ1n) is 6.77. The summed E-state index contributed by atoms with van der Waals surface area (Å²) in [6.45, 7) is 13.4. The van der Waals surface area contributed by atoms with E-state index in [9.17, 15) is 0 Å². The van der Waals surface area contributed by atoms with E-state index >= 15 is 0 Å². The number of methoxy groups -OCH3 is 1. The predicted octanol–water partition coefficient (Wildman–Crippen LogP) is 0.544. The van der Waals surface area contributed by atoms with E-state index in [0.29, 0.717) is 5.41 Å². The fourth-order valence-corrected chi connectivity index (χ4v) is 2.07. The van der Waals surface area contributed by atoms with Crippen LogP contribution < -0.4 is 10.6 Å². The van der Waals surface area contributed by atoms with Crippen LogP contribution in [-0.4, -0.2) is 64.4 Å². The largest absolute Gasteiger partial charge is 0.385 e. The number of nitrogens with zero attached hydrogens (tertiary/aromatic N) is 1. The summed E-state index contributed by atoms with van der Waals surface area (Å²) in [4.78, 5) is 2.52. The first-order chi connectivity index (χ1) is 8.14. The lowest BCUT2D eigenvalue weighted by Crippen LogP contribution is -2.46. The van der Waals surface area contributed by atoms with Crippen molar-refractivity contribution >= 4 is 0 Å². The van der Waals surface area contributed by atoms with Crippen LogP contribution in [0, 0.1) is 5.41 Å². The molecule has 17 heavy (non-hydrogen) atoms. The lowest BCUT2D eigenvalue weighted by molar-refractivity contribution is 0.149. The molecule has 1 heterocycles. The molecular formula is C13H29N3O. The molecule has 1 saturated heterocycles. The second-order valence-corrected chi connectivity index (χ2v) is 5.68. The summed E-state index contributed by atoms with van der Waals surface area (Å²) in [6, 6.07) is 0. The molecule has 0 atom stereocenters. The third-order valence-electron chi connectivity index (χ3n) is 3.40. The van der Waals surface area contributed by atoms with Gasteiger partial charge in [0.05, 0.1) is 0 Å². The van der Waals surface area contributed by atoms with Crippen LogP contribution in [0.5, 0.6) is 0 Å². The Labute approximate surface area is 106 Å². The molecule has 0 spiro atoms. The van der Waals surface area contributed by atoms with Crippen LogP contribution >= 0.6 is 0 Å². The number of piperazine rings is 1. The number of rotatable bonds is 8. The third-order valence-corrected chi connectivity index (χ3v) is 3.40. The molecular weight excluding hydrogens is 214 g/mol. The van der Waals surface area contributed by atoms with Gasteiger partial charge in [-0.15, -0.1) is 0 Å². The lowest BCUT2D eigenvalue weighted by Gasteiger charge is -2.29. The van der Waals surface area contributed by atoms with Crippen LogP contribution in [-0.2, 0) is 4.74 Å². The molecule has 4 nitrogen and oxygen atoms in total. The summed E-state index contributed by atoms with van der Waals surface area (Å²) in [6.07, 6.45) is 1.12. The highest BCUT2D eigenvalue weighted by atomic mass is 16.5. The van der Waals surface area contributed by atoms with Crippen molar-refractivity contribution in [1.82, 2.24) is 15.5 Å². The topological polar surface area (TPSA) is 36.5 Å². The smallest absolute Gasteiger partial charge is 0.0467 e. The van der Waals surface area contributed by atoms with Crippen molar-refractivity contribution in [1.29, 1.82) is 0 Å². The molecule has 0 aromatic rings. The van der Waals surface area contributed by atoms with Gasteiger partial charge >= 0.3 is 0 Å². The molecule has 0 saturated carbocycles. The summed E-state index contributed by atoms with van der Waals surface area (Å²) in [5.74, 6) is 0. The Morgan fingerprint density at radius 3 is 2.65 bits per heavy atom. The van der Waals surface area contributed by atoms with Crippen molar-refractivity contribution in [3.8, 4) is 0 Å². The predicted molar refractivity (Wildman–Crippen MR) is 72.5 cm³/mol. The monoisotopic (exact) mass is 243 g/mol. The van der Waals surface area contributed by atoms with Crippen molar-refractivity contribution in [2.24, 2.45) is 5.41 Å². The van der Waals surface area contributed by atoms with E-state index < -0.39 is 0 Å². The van der Waals surface area contributed by atoms with E-state index in [4.69, 9.17) is 4.74 Å². The zero-order valence-electron chi connectivity index (χ0n) is 11.7. The highest BCUT2D eigenvalue weighted by Gasteiger charge is 2.17. The van der Waals surface area contributed by atoms with Gasteiger partial charge in [-0.2, -0.15) is 0 Å². The maximum atomic E-state index is 5.14. The molecule has 0 aromatic carbocycles. The Balaban J connectivity index is 2.02. The maximum Gasteiger partial charge on any atom is 0.0467 e. The Hall–Kier alpha value is -0.160. The van der Waals surface area contributed by atoms with Gasteiger partial charge in [-0.25, -0.2) is 0 Å². The van der Waals surface area contributed by atoms with Crippen LogP contribution in [0.15, 0.2) is 0 Å². The molecule has 102 valence electrons. The maximum absolute atomic E-state index is 5.14. The van der Waals surface area contributed by atoms with Gasteiger partial charge in [-0.3, -0.25) is 4.90 Å². The zero-order valence-corrected chi connectivity index (χ0v) is 11.7. The van der Waals surface area contributed by atoms with Crippen molar-refractivity contribution in [2.75, 3.05) is 59.5 Å². The molecule has 1 rings (SSSR count). The highest BCUT2D eigenvalue weighted by Crippen LogP contribution is 2.18. The number of nitrogens with one attached hydrogen (secondary N) is 2. The minimum atomic E-state index is 0.333. The molecule has 1 aliphatic heterocycles. The molecule has 0 aliphatic carbocycles. The van der Waals surface area contributed by atoms with E-state index in [2.05, 4.69) is 29.4 Å². The van der Waals surface area contributed by atoms with Gasteiger partial charge in [-0.1, -0.05) is 13.8 Å². The van der Waals surface area contributed by atoms with Crippen molar-refractivity contribution in [2.45, 2.75) is 20.3 Å². The van der Waals surface area contributed by atoms with E-state index in [1.165, 1.54) is 19.6 Å². The minimum Gasteiger partial charge on any atom is -0.385 e. The average molecular weight is 243 g/mol. The van der Waals surface area contributed by atoms with Crippen LogP contribution in [0.1, 0.15) is 20.3 Å². The van der Waals surface area contributed by atoms with E-state index in [1.54, 1.807) is 7.11 Å². The molecule has 0 bridgehead atoms. The second kappa shape index (κ2) is 8.03. The molecule has 0 aromatic heterocycles. The Kier molecular flexibility index (Phi) is 7.04. The molecule has 4 heteroatoms. The average Bonchev–Trinajstić information content (AvgIpc) is 2.34. The molecule has 0 radical (unpaired) electrons. The molecule has 0 amide bonds. The molecule has 2 N–H and O–H groups in total. The number of hydrogen-bond acceptors (Lipinski definition) is 4. The van der Waals surface area contributed by atoms with E-state index in [0.717, 1.165) is 39.2 Å². The van der Waals surface area contributed by atoms with Gasteiger partial charge in [0.1, 0.15) is 0 Å². The SMILES string of the molecule is COCCC(C)(C)CNCCN1CCNCC1. The molecule has 1 fully saturated rings.